The second-order valence-electron chi connectivity index (χ2n) is 11.7. The number of carboxylic acid groups (broad SMARTS) is 1. The molecule has 0 aliphatic carbocycles. The summed E-state index contributed by atoms with van der Waals surface area (Å²) in [5.74, 6) is -3.81. The van der Waals surface area contributed by atoms with Gasteiger partial charge in [-0.2, -0.15) is 0 Å². The first-order valence-corrected chi connectivity index (χ1v) is 14.3. The third-order valence-corrected chi connectivity index (χ3v) is 8.47. The average Bonchev–Trinajstić information content (AvgIpc) is 3.39. The number of halogens is 3. The van der Waals surface area contributed by atoms with Gasteiger partial charge in [-0.25, -0.2) is 9.18 Å². The maximum atomic E-state index is 15.9. The van der Waals surface area contributed by atoms with Crippen LogP contribution in [0.5, 0.6) is 5.75 Å². The molecule has 0 bridgehead atoms. The van der Waals surface area contributed by atoms with Gasteiger partial charge in [-0.3, -0.25) is 14.6 Å². The summed E-state index contributed by atoms with van der Waals surface area (Å²) in [6.07, 6.45) is 2.01. The van der Waals surface area contributed by atoms with Gasteiger partial charge in [0.1, 0.15) is 17.0 Å². The largest absolute Gasteiger partial charge is 0.495 e. The number of aromatic carboxylic acids is 1. The zero-order chi connectivity index (χ0) is 30.6. The minimum atomic E-state index is -1.48. The lowest BCUT2D eigenvalue weighted by atomic mass is 9.64. The van der Waals surface area contributed by atoms with Crippen molar-refractivity contribution in [3.05, 3.63) is 80.8 Å². The molecular weight excluding hydrogens is 631 g/mol. The van der Waals surface area contributed by atoms with Crippen molar-refractivity contribution in [1.29, 1.82) is 0 Å². The maximum Gasteiger partial charge on any atom is 0.335 e. The van der Waals surface area contributed by atoms with Crippen LogP contribution in [0.1, 0.15) is 54.7 Å². The van der Waals surface area contributed by atoms with Crippen molar-refractivity contribution in [3.8, 4) is 5.75 Å². The molecule has 0 radical (unpaired) electrons. The van der Waals surface area contributed by atoms with Crippen molar-refractivity contribution in [2.24, 2.45) is 5.41 Å². The summed E-state index contributed by atoms with van der Waals surface area (Å²) in [6.45, 7) is 6.05. The van der Waals surface area contributed by atoms with Crippen LogP contribution in [0.3, 0.4) is 0 Å². The number of fused-ring (bicyclic) bond motifs is 2. The highest BCUT2D eigenvalue weighted by atomic mass is 79.9. The summed E-state index contributed by atoms with van der Waals surface area (Å²) >= 11 is 9.65. The van der Waals surface area contributed by atoms with E-state index in [9.17, 15) is 19.5 Å². The van der Waals surface area contributed by atoms with Gasteiger partial charge in [-0.05, 0) is 63.7 Å². The van der Waals surface area contributed by atoms with E-state index in [4.69, 9.17) is 16.3 Å². The first-order chi connectivity index (χ1) is 19.8. The zero-order valence-electron chi connectivity index (χ0n) is 23.2. The standard InChI is InChI=1S/C30H29BrClFN4O5/c1-29(2,3)12-21-30(25-19(36-28(30)41)11-15(31)13-34-25)22(16-6-5-7-17(32)23(16)33)24(37-21)26(38)35-18-9-8-14(27(39)40)10-20(18)42-4/h5-11,13,21-22,24,37H,12H2,1-4H3,(H,35,38)(H,36,41)(H,39,40)/t21-,22-,24+,30+/m0/s1. The number of amides is 2. The zero-order valence-corrected chi connectivity index (χ0v) is 25.6. The van der Waals surface area contributed by atoms with Gasteiger partial charge in [0.15, 0.2) is 0 Å². The van der Waals surface area contributed by atoms with Crippen LogP contribution in [0.4, 0.5) is 15.8 Å². The van der Waals surface area contributed by atoms with E-state index >= 15 is 4.39 Å². The van der Waals surface area contributed by atoms with Crippen LogP contribution in [0, 0.1) is 11.2 Å². The van der Waals surface area contributed by atoms with E-state index in [-0.39, 0.29) is 33.0 Å². The SMILES string of the molecule is COc1cc(C(=O)O)ccc1NC(=O)[C@@H]1N[C@@H](CC(C)(C)C)[C@@]2(C(=O)Nc3cc(Br)cnc32)[C@H]1c1cccc(Cl)c1F. The highest BCUT2D eigenvalue weighted by Gasteiger charge is 2.67. The maximum absolute atomic E-state index is 15.9. The van der Waals surface area contributed by atoms with Gasteiger partial charge in [-0.15, -0.1) is 0 Å². The Morgan fingerprint density at radius 3 is 2.64 bits per heavy atom. The van der Waals surface area contributed by atoms with Crippen LogP contribution in [0.15, 0.2) is 53.1 Å². The highest BCUT2D eigenvalue weighted by Crippen LogP contribution is 2.56. The molecule has 1 aromatic heterocycles. The molecule has 2 aliphatic rings. The topological polar surface area (TPSA) is 130 Å². The predicted octanol–water partition coefficient (Wildman–Crippen LogP) is 5.73. The number of nitrogens with zero attached hydrogens (tertiary/aromatic N) is 1. The molecule has 0 saturated carbocycles. The fraction of sp³-hybridized carbons (Fsp3) is 0.333. The minimum absolute atomic E-state index is 0.0246. The molecule has 2 aromatic carbocycles. The number of anilines is 2. The first-order valence-electron chi connectivity index (χ1n) is 13.2. The van der Waals surface area contributed by atoms with E-state index in [0.717, 1.165) is 0 Å². The fourth-order valence-corrected chi connectivity index (χ4v) is 6.63. The van der Waals surface area contributed by atoms with Crippen LogP contribution in [0.25, 0.3) is 0 Å². The molecule has 2 amide bonds. The van der Waals surface area contributed by atoms with Crippen LogP contribution < -0.4 is 20.7 Å². The Morgan fingerprint density at radius 2 is 1.98 bits per heavy atom. The third-order valence-electron chi connectivity index (χ3n) is 7.75. The molecule has 12 heteroatoms. The predicted molar refractivity (Wildman–Crippen MR) is 160 cm³/mol. The third kappa shape index (κ3) is 5.03. The van der Waals surface area contributed by atoms with Crippen molar-refractivity contribution >= 4 is 56.7 Å². The van der Waals surface area contributed by atoms with Crippen molar-refractivity contribution in [3.63, 3.8) is 0 Å². The number of methoxy groups -OCH3 is 1. The van der Waals surface area contributed by atoms with Crippen LogP contribution in [-0.4, -0.2) is 47.1 Å². The molecule has 3 heterocycles. The molecule has 1 spiro atoms. The Labute approximate surface area is 255 Å². The molecule has 1 fully saturated rings. The second-order valence-corrected chi connectivity index (χ2v) is 13.0. The second kappa shape index (κ2) is 10.9. The number of carbonyl (C=O) groups excluding carboxylic acids is 2. The number of rotatable bonds is 6. The van der Waals surface area contributed by atoms with Gasteiger partial charge in [0.05, 0.1) is 40.8 Å². The smallest absolute Gasteiger partial charge is 0.335 e. The summed E-state index contributed by atoms with van der Waals surface area (Å²) in [5, 5.41) is 18.3. The van der Waals surface area contributed by atoms with E-state index in [2.05, 4.69) is 36.9 Å². The molecule has 2 aliphatic heterocycles. The first kappa shape index (κ1) is 29.9. The van der Waals surface area contributed by atoms with Crippen LogP contribution in [-0.2, 0) is 15.0 Å². The van der Waals surface area contributed by atoms with Gasteiger partial charge in [-0.1, -0.05) is 44.5 Å². The van der Waals surface area contributed by atoms with E-state index in [0.29, 0.717) is 22.3 Å². The molecule has 4 atom stereocenters. The molecule has 1 saturated heterocycles. The Morgan fingerprint density at radius 1 is 1.24 bits per heavy atom. The summed E-state index contributed by atoms with van der Waals surface area (Å²) < 4.78 is 21.9. The van der Waals surface area contributed by atoms with Gasteiger partial charge in [0, 0.05) is 22.6 Å². The quantitative estimate of drug-likeness (QED) is 0.266. The van der Waals surface area contributed by atoms with Crippen LogP contribution >= 0.6 is 27.5 Å². The van der Waals surface area contributed by atoms with E-state index in [1.807, 2.05) is 20.8 Å². The molecule has 3 aromatic rings. The Hall–Kier alpha value is -3.54. The monoisotopic (exact) mass is 658 g/mol. The number of pyridine rings is 1. The van der Waals surface area contributed by atoms with Gasteiger partial charge >= 0.3 is 5.97 Å². The number of nitrogens with one attached hydrogen (secondary N) is 3. The van der Waals surface area contributed by atoms with Gasteiger partial charge < -0.3 is 25.8 Å². The lowest BCUT2D eigenvalue weighted by Crippen LogP contribution is -2.50. The number of hydrogen-bond acceptors (Lipinski definition) is 6. The number of ether oxygens (including phenoxy) is 1. The molecule has 4 N–H and O–H groups in total. The van der Waals surface area contributed by atoms with Crippen molar-refractivity contribution < 1.29 is 28.6 Å². The minimum Gasteiger partial charge on any atom is -0.495 e. The summed E-state index contributed by atoms with van der Waals surface area (Å²) in [5.41, 5.74) is -0.632. The van der Waals surface area contributed by atoms with Crippen molar-refractivity contribution in [2.45, 2.75) is 50.6 Å². The van der Waals surface area contributed by atoms with Gasteiger partial charge in [0.25, 0.3) is 0 Å². The number of carbonyl (C=O) groups is 3. The highest BCUT2D eigenvalue weighted by molar-refractivity contribution is 9.10. The molecule has 42 heavy (non-hydrogen) atoms. The van der Waals surface area contributed by atoms with E-state index in [1.165, 1.54) is 37.4 Å². The normalized spacial score (nSPS) is 23.0. The number of carboxylic acids is 1. The number of aromatic nitrogens is 1. The molecular formula is C30H29BrClFN4O5. The molecule has 0 unspecified atom stereocenters. The Bertz CT molecular complexity index is 1610. The average molecular weight is 660 g/mol. The Balaban J connectivity index is 1.70. The summed E-state index contributed by atoms with van der Waals surface area (Å²) in [6, 6.07) is 8.53. The molecule has 5 rings (SSSR count). The van der Waals surface area contributed by atoms with Crippen molar-refractivity contribution in [1.82, 2.24) is 10.3 Å². The lowest BCUT2D eigenvalue weighted by molar-refractivity contribution is -0.122. The van der Waals surface area contributed by atoms with E-state index in [1.54, 1.807) is 18.3 Å². The van der Waals surface area contributed by atoms with Crippen molar-refractivity contribution in [2.75, 3.05) is 17.7 Å². The Kier molecular flexibility index (Phi) is 7.80. The van der Waals surface area contributed by atoms with Crippen LogP contribution in [0.2, 0.25) is 5.02 Å². The lowest BCUT2D eigenvalue weighted by Gasteiger charge is -2.37. The van der Waals surface area contributed by atoms with Gasteiger partial charge in [0.2, 0.25) is 11.8 Å². The fourth-order valence-electron chi connectivity index (χ4n) is 6.12. The van der Waals surface area contributed by atoms with E-state index < -0.39 is 47.0 Å². The number of benzene rings is 2. The molecule has 9 nitrogen and oxygen atoms in total. The number of hydrogen-bond donors (Lipinski definition) is 4. The summed E-state index contributed by atoms with van der Waals surface area (Å²) in [4.78, 5) is 44.5. The summed E-state index contributed by atoms with van der Waals surface area (Å²) in [7, 11) is 1.35. The molecule has 220 valence electrons.